The molecule has 0 saturated heterocycles. The summed E-state index contributed by atoms with van der Waals surface area (Å²) in [4.78, 5) is 22.9. The van der Waals surface area contributed by atoms with Crippen molar-refractivity contribution in [3.8, 4) is 0 Å². The van der Waals surface area contributed by atoms with Gasteiger partial charge in [0.2, 0.25) is 0 Å². The molecule has 0 fully saturated rings. The number of hydrogen-bond donors (Lipinski definition) is 1. The molecule has 6 heteroatoms. The Labute approximate surface area is 123 Å². The zero-order valence-electron chi connectivity index (χ0n) is 11.7. The van der Waals surface area contributed by atoms with Gasteiger partial charge in [-0.15, -0.1) is 0 Å². The molecule has 1 N–H and O–H groups in total. The molecule has 0 saturated carbocycles. The minimum Gasteiger partial charge on any atom is -0.446 e. The van der Waals surface area contributed by atoms with Crippen molar-refractivity contribution in [2.24, 2.45) is 0 Å². The van der Waals surface area contributed by atoms with Crippen LogP contribution in [-0.2, 0) is 16.0 Å². The largest absolute Gasteiger partial charge is 0.446 e. The highest BCUT2D eigenvalue weighted by Crippen LogP contribution is 2.08. The molecule has 1 aromatic rings. The van der Waals surface area contributed by atoms with Crippen molar-refractivity contribution in [2.45, 2.75) is 32.9 Å². The predicted octanol–water partition coefficient (Wildman–Crippen LogP) is 3.06. The van der Waals surface area contributed by atoms with Gasteiger partial charge >= 0.3 is 12.1 Å². The summed E-state index contributed by atoms with van der Waals surface area (Å²) in [6.45, 7) is 5.71. The van der Waals surface area contributed by atoms with Gasteiger partial charge in [-0.1, -0.05) is 23.7 Å². The van der Waals surface area contributed by atoms with E-state index in [2.05, 4.69) is 10.1 Å². The number of benzene rings is 1. The Morgan fingerprint density at radius 1 is 1.20 bits per heavy atom. The average molecular weight is 300 g/mol. The lowest BCUT2D eigenvalue weighted by Gasteiger charge is -2.19. The van der Waals surface area contributed by atoms with Gasteiger partial charge in [-0.2, -0.15) is 0 Å². The molecule has 1 amide bonds. The predicted molar refractivity (Wildman–Crippen MR) is 75.7 cm³/mol. The van der Waals surface area contributed by atoms with Crippen LogP contribution in [0.4, 0.5) is 4.79 Å². The van der Waals surface area contributed by atoms with Crippen LogP contribution < -0.4 is 5.32 Å². The Kier molecular flexibility index (Phi) is 5.82. The lowest BCUT2D eigenvalue weighted by molar-refractivity contribution is 0.0521. The van der Waals surface area contributed by atoms with Crippen molar-refractivity contribution in [2.75, 3.05) is 6.07 Å². The van der Waals surface area contributed by atoms with Gasteiger partial charge in [-0.3, -0.25) is 0 Å². The summed E-state index contributed by atoms with van der Waals surface area (Å²) in [7, 11) is 0. The minimum absolute atomic E-state index is 0.180. The van der Waals surface area contributed by atoms with E-state index in [4.69, 9.17) is 16.3 Å². The second-order valence-corrected chi connectivity index (χ2v) is 5.31. The van der Waals surface area contributed by atoms with E-state index in [1.807, 2.05) is 0 Å². The molecule has 0 aliphatic carbocycles. The number of amides is 1. The van der Waals surface area contributed by atoms with Crippen LogP contribution >= 0.6 is 11.6 Å². The summed E-state index contributed by atoms with van der Waals surface area (Å²) in [6, 6.07) is 6.49. The summed E-state index contributed by atoms with van der Waals surface area (Å²) >= 11 is 5.31. The van der Waals surface area contributed by atoms with Gasteiger partial charge in [0.15, 0.2) is 6.07 Å². The average Bonchev–Trinajstić information content (AvgIpc) is 2.35. The van der Waals surface area contributed by atoms with Crippen molar-refractivity contribution in [3.63, 3.8) is 0 Å². The third kappa shape index (κ3) is 5.93. The van der Waals surface area contributed by atoms with Crippen LogP contribution in [0.1, 0.15) is 36.7 Å². The van der Waals surface area contributed by atoms with E-state index in [0.29, 0.717) is 12.1 Å². The SMILES string of the molecule is CC(C)(C)OC(=O)NCc1ccc(C(=O)OCCl)cc1. The lowest BCUT2D eigenvalue weighted by atomic mass is 10.1. The van der Waals surface area contributed by atoms with Crippen molar-refractivity contribution in [1.29, 1.82) is 0 Å². The van der Waals surface area contributed by atoms with E-state index in [-0.39, 0.29) is 6.07 Å². The summed E-state index contributed by atoms with van der Waals surface area (Å²) in [5, 5.41) is 2.63. The van der Waals surface area contributed by atoms with E-state index in [0.717, 1.165) is 5.56 Å². The van der Waals surface area contributed by atoms with Crippen LogP contribution in [-0.4, -0.2) is 23.7 Å². The summed E-state index contributed by atoms with van der Waals surface area (Å²) in [5.74, 6) is -0.480. The number of alkyl carbamates (subject to hydrolysis) is 1. The van der Waals surface area contributed by atoms with Crippen LogP contribution in [0.25, 0.3) is 0 Å². The highest BCUT2D eigenvalue weighted by atomic mass is 35.5. The van der Waals surface area contributed by atoms with Gasteiger partial charge in [-0.25, -0.2) is 9.59 Å². The van der Waals surface area contributed by atoms with Crippen LogP contribution in [0.5, 0.6) is 0 Å². The molecule has 1 aromatic carbocycles. The standard InChI is InChI=1S/C14H18ClNO4/c1-14(2,3)20-13(18)16-8-10-4-6-11(7-5-10)12(17)19-9-15/h4-7H,8-9H2,1-3H3,(H,16,18). The maximum absolute atomic E-state index is 11.5. The fraction of sp³-hybridized carbons (Fsp3) is 0.429. The van der Waals surface area contributed by atoms with Gasteiger partial charge in [0.25, 0.3) is 0 Å². The van der Waals surface area contributed by atoms with Gasteiger partial charge in [-0.05, 0) is 38.5 Å². The Balaban J connectivity index is 2.50. The first-order chi connectivity index (χ1) is 9.31. The molecule has 5 nitrogen and oxygen atoms in total. The Bertz CT molecular complexity index is 465. The van der Waals surface area contributed by atoms with Crippen molar-refractivity contribution >= 4 is 23.7 Å². The quantitative estimate of drug-likeness (QED) is 0.685. The van der Waals surface area contributed by atoms with E-state index in [1.54, 1.807) is 45.0 Å². The first kappa shape index (κ1) is 16.3. The smallest absolute Gasteiger partial charge is 0.407 e. The van der Waals surface area contributed by atoms with E-state index in [9.17, 15) is 9.59 Å². The van der Waals surface area contributed by atoms with Gasteiger partial charge < -0.3 is 14.8 Å². The topological polar surface area (TPSA) is 64.6 Å². The van der Waals surface area contributed by atoms with Crippen LogP contribution in [0.15, 0.2) is 24.3 Å². The molecule has 0 atom stereocenters. The molecule has 110 valence electrons. The number of carbonyl (C=O) groups is 2. The third-order valence-corrected chi connectivity index (χ3v) is 2.32. The number of esters is 1. The van der Waals surface area contributed by atoms with Crippen LogP contribution in [0.3, 0.4) is 0 Å². The molecule has 0 aliphatic rings. The molecule has 0 aliphatic heterocycles. The van der Waals surface area contributed by atoms with Crippen molar-refractivity contribution in [1.82, 2.24) is 5.32 Å². The molecule has 20 heavy (non-hydrogen) atoms. The fourth-order valence-corrected chi connectivity index (χ4v) is 1.48. The molecule has 0 spiro atoms. The number of halogens is 1. The first-order valence-corrected chi connectivity index (χ1v) is 6.64. The van der Waals surface area contributed by atoms with E-state index < -0.39 is 17.7 Å². The first-order valence-electron chi connectivity index (χ1n) is 6.11. The Hall–Kier alpha value is -1.75. The minimum atomic E-state index is -0.529. The second kappa shape index (κ2) is 7.14. The molecular weight excluding hydrogens is 282 g/mol. The summed E-state index contributed by atoms with van der Waals surface area (Å²) in [5.41, 5.74) is 0.726. The number of rotatable bonds is 4. The Morgan fingerprint density at radius 3 is 2.30 bits per heavy atom. The van der Waals surface area contributed by atoms with Gasteiger partial charge in [0.1, 0.15) is 5.60 Å². The molecule has 0 heterocycles. The molecule has 0 radical (unpaired) electrons. The van der Waals surface area contributed by atoms with Crippen LogP contribution in [0, 0.1) is 0 Å². The fourth-order valence-electron chi connectivity index (χ4n) is 1.38. The number of alkyl halides is 1. The van der Waals surface area contributed by atoms with E-state index >= 15 is 0 Å². The highest BCUT2D eigenvalue weighted by molar-refractivity contribution is 6.17. The van der Waals surface area contributed by atoms with Gasteiger partial charge in [0.05, 0.1) is 5.56 Å². The third-order valence-electron chi connectivity index (χ3n) is 2.21. The van der Waals surface area contributed by atoms with E-state index in [1.165, 1.54) is 0 Å². The molecule has 0 aromatic heterocycles. The maximum Gasteiger partial charge on any atom is 0.407 e. The number of ether oxygens (including phenoxy) is 2. The zero-order chi connectivity index (χ0) is 15.2. The highest BCUT2D eigenvalue weighted by Gasteiger charge is 2.15. The maximum atomic E-state index is 11.5. The molecule has 0 unspecified atom stereocenters. The molecular formula is C14H18ClNO4. The number of carbonyl (C=O) groups excluding carboxylic acids is 2. The lowest BCUT2D eigenvalue weighted by Crippen LogP contribution is -2.32. The summed E-state index contributed by atoms with van der Waals surface area (Å²) in [6.07, 6.45) is -0.483. The van der Waals surface area contributed by atoms with Gasteiger partial charge in [0, 0.05) is 6.54 Å². The second-order valence-electron chi connectivity index (χ2n) is 5.09. The van der Waals surface area contributed by atoms with Crippen molar-refractivity contribution in [3.05, 3.63) is 35.4 Å². The number of hydrogen-bond acceptors (Lipinski definition) is 4. The monoisotopic (exact) mass is 299 g/mol. The van der Waals surface area contributed by atoms with Crippen LogP contribution in [0.2, 0.25) is 0 Å². The Morgan fingerprint density at radius 2 is 1.80 bits per heavy atom. The zero-order valence-corrected chi connectivity index (χ0v) is 12.5. The van der Waals surface area contributed by atoms with Crippen molar-refractivity contribution < 1.29 is 19.1 Å². The molecule has 0 bridgehead atoms. The normalized spacial score (nSPS) is 10.8. The molecule has 1 rings (SSSR count). The number of nitrogens with one attached hydrogen (secondary N) is 1. The summed E-state index contributed by atoms with van der Waals surface area (Å²) < 4.78 is 9.77.